The molecular formula is C16H29IO3. The largest absolute Gasteiger partial charge is 0.462 e. The summed E-state index contributed by atoms with van der Waals surface area (Å²) in [5.41, 5.74) is -0.822. The van der Waals surface area contributed by atoms with Gasteiger partial charge in [-0.2, -0.15) is 0 Å². The number of halogens is 1. The van der Waals surface area contributed by atoms with Crippen LogP contribution in [0.3, 0.4) is 0 Å². The second-order valence-corrected chi connectivity index (χ2v) is 7.69. The molecule has 0 N–H and O–H groups in total. The van der Waals surface area contributed by atoms with Gasteiger partial charge in [0.1, 0.15) is 29.1 Å². The molecule has 1 saturated carbocycles. The molecule has 0 aromatic carbocycles. The lowest BCUT2D eigenvalue weighted by Crippen LogP contribution is -2.43. The molecule has 0 aromatic heterocycles. The summed E-state index contributed by atoms with van der Waals surface area (Å²) in [7, 11) is 0. The van der Waals surface area contributed by atoms with Crippen LogP contribution in [0.15, 0.2) is 0 Å². The highest BCUT2D eigenvalue weighted by atomic mass is 127. The SMILES string of the molecule is CC(C)C(C)(CC(C)(C)OI)C(=O)OC1CCCCC1. The molecule has 0 spiro atoms. The minimum absolute atomic E-state index is 0.0547. The zero-order valence-corrected chi connectivity index (χ0v) is 15.7. The fraction of sp³-hybridized carbons (Fsp3) is 0.938. The van der Waals surface area contributed by atoms with E-state index in [0.717, 1.165) is 12.8 Å². The molecule has 1 atom stereocenters. The Morgan fingerprint density at radius 1 is 1.20 bits per heavy atom. The molecular weight excluding hydrogens is 367 g/mol. The fourth-order valence-electron chi connectivity index (χ4n) is 2.89. The smallest absolute Gasteiger partial charge is 0.312 e. The standard InChI is InChI=1S/C16H29IO3/c1-12(2)16(5,11-15(3,4)20-17)14(18)19-13-9-7-6-8-10-13/h12-13H,6-11H2,1-5H3. The van der Waals surface area contributed by atoms with Gasteiger partial charge in [-0.25, -0.2) is 0 Å². The van der Waals surface area contributed by atoms with Crippen LogP contribution in [0, 0.1) is 11.3 Å². The van der Waals surface area contributed by atoms with Crippen molar-refractivity contribution in [2.75, 3.05) is 0 Å². The Morgan fingerprint density at radius 2 is 1.75 bits per heavy atom. The van der Waals surface area contributed by atoms with E-state index in [1.54, 1.807) is 0 Å². The maximum absolute atomic E-state index is 12.7. The molecule has 0 aromatic rings. The van der Waals surface area contributed by atoms with Crippen molar-refractivity contribution >= 4 is 29.0 Å². The van der Waals surface area contributed by atoms with Crippen molar-refractivity contribution in [3.63, 3.8) is 0 Å². The molecule has 0 amide bonds. The van der Waals surface area contributed by atoms with Crippen molar-refractivity contribution in [2.45, 2.75) is 84.8 Å². The zero-order valence-electron chi connectivity index (χ0n) is 13.5. The molecule has 0 saturated heterocycles. The van der Waals surface area contributed by atoms with E-state index >= 15 is 0 Å². The normalized spacial score (nSPS) is 20.8. The van der Waals surface area contributed by atoms with Crippen LogP contribution < -0.4 is 0 Å². The van der Waals surface area contributed by atoms with Gasteiger partial charge in [0.2, 0.25) is 0 Å². The van der Waals surface area contributed by atoms with Crippen molar-refractivity contribution in [2.24, 2.45) is 11.3 Å². The van der Waals surface area contributed by atoms with Crippen LogP contribution in [0.4, 0.5) is 0 Å². The highest BCUT2D eigenvalue weighted by Gasteiger charge is 2.44. The van der Waals surface area contributed by atoms with Gasteiger partial charge >= 0.3 is 5.97 Å². The minimum Gasteiger partial charge on any atom is -0.462 e. The lowest BCUT2D eigenvalue weighted by molar-refractivity contribution is -0.168. The molecule has 1 aliphatic carbocycles. The highest BCUT2D eigenvalue weighted by Crippen LogP contribution is 2.40. The molecule has 0 heterocycles. The predicted octanol–water partition coefficient (Wildman–Crippen LogP) is 5.06. The van der Waals surface area contributed by atoms with Crippen LogP contribution in [0.5, 0.6) is 0 Å². The Labute approximate surface area is 137 Å². The third-order valence-corrected chi connectivity index (χ3v) is 5.76. The van der Waals surface area contributed by atoms with E-state index in [1.807, 2.05) is 43.8 Å². The molecule has 1 rings (SSSR count). The second-order valence-electron chi connectivity index (χ2n) is 7.25. The maximum atomic E-state index is 12.7. The Balaban J connectivity index is 2.75. The first-order chi connectivity index (χ1) is 9.21. The van der Waals surface area contributed by atoms with Crippen LogP contribution in [-0.4, -0.2) is 17.7 Å². The average molecular weight is 396 g/mol. The Hall–Kier alpha value is 0.160. The topological polar surface area (TPSA) is 35.5 Å². The molecule has 1 fully saturated rings. The summed E-state index contributed by atoms with van der Waals surface area (Å²) in [6, 6.07) is 0. The van der Waals surface area contributed by atoms with E-state index in [-0.39, 0.29) is 23.6 Å². The molecule has 118 valence electrons. The highest BCUT2D eigenvalue weighted by molar-refractivity contribution is 14.1. The van der Waals surface area contributed by atoms with Crippen molar-refractivity contribution in [3.8, 4) is 0 Å². The van der Waals surface area contributed by atoms with Gasteiger partial charge in [-0.05, 0) is 58.8 Å². The molecule has 3 nitrogen and oxygen atoms in total. The minimum atomic E-state index is -0.494. The van der Waals surface area contributed by atoms with Gasteiger partial charge in [0, 0.05) is 0 Å². The number of carbonyl (C=O) groups excluding carboxylic acids is 1. The van der Waals surface area contributed by atoms with Crippen LogP contribution in [-0.2, 0) is 12.6 Å². The van der Waals surface area contributed by atoms with Crippen molar-refractivity contribution in [1.29, 1.82) is 0 Å². The van der Waals surface area contributed by atoms with Crippen molar-refractivity contribution < 1.29 is 12.6 Å². The molecule has 20 heavy (non-hydrogen) atoms. The predicted molar refractivity (Wildman–Crippen MR) is 89.7 cm³/mol. The Kier molecular flexibility index (Phi) is 6.77. The number of carbonyl (C=O) groups is 1. The first-order valence-electron chi connectivity index (χ1n) is 7.72. The van der Waals surface area contributed by atoms with Gasteiger partial charge in [0.25, 0.3) is 0 Å². The summed E-state index contributed by atoms with van der Waals surface area (Å²) in [5.74, 6) is 0.172. The summed E-state index contributed by atoms with van der Waals surface area (Å²) < 4.78 is 11.3. The zero-order chi connectivity index (χ0) is 15.4. The van der Waals surface area contributed by atoms with E-state index in [2.05, 4.69) is 13.8 Å². The quantitative estimate of drug-likeness (QED) is 0.465. The summed E-state index contributed by atoms with van der Waals surface area (Å²) in [5, 5.41) is 0. The summed E-state index contributed by atoms with van der Waals surface area (Å²) in [6.07, 6.45) is 6.46. The number of hydrogen-bond donors (Lipinski definition) is 0. The van der Waals surface area contributed by atoms with Crippen molar-refractivity contribution in [3.05, 3.63) is 0 Å². The number of rotatable bonds is 6. The van der Waals surface area contributed by atoms with Gasteiger partial charge in [-0.1, -0.05) is 20.3 Å². The molecule has 0 aliphatic heterocycles. The van der Waals surface area contributed by atoms with Gasteiger partial charge < -0.3 is 7.80 Å². The third-order valence-electron chi connectivity index (χ3n) is 4.57. The fourth-order valence-corrected chi connectivity index (χ4v) is 3.05. The Bertz CT molecular complexity index is 322. The lowest BCUT2D eigenvalue weighted by atomic mass is 9.72. The number of hydrogen-bond acceptors (Lipinski definition) is 3. The van der Waals surface area contributed by atoms with Gasteiger partial charge in [0.15, 0.2) is 0 Å². The average Bonchev–Trinajstić information content (AvgIpc) is 2.39. The van der Waals surface area contributed by atoms with Crippen LogP contribution in [0.25, 0.3) is 0 Å². The molecule has 4 heteroatoms. The molecule has 1 aliphatic rings. The second kappa shape index (κ2) is 7.43. The van der Waals surface area contributed by atoms with Gasteiger partial charge in [-0.3, -0.25) is 4.79 Å². The van der Waals surface area contributed by atoms with E-state index in [9.17, 15) is 4.79 Å². The Morgan fingerprint density at radius 3 is 2.20 bits per heavy atom. The first kappa shape index (κ1) is 18.2. The molecule has 0 bridgehead atoms. The van der Waals surface area contributed by atoms with Crippen LogP contribution in [0.1, 0.15) is 73.1 Å². The maximum Gasteiger partial charge on any atom is 0.312 e. The summed E-state index contributed by atoms with van der Waals surface area (Å²) in [6.45, 7) is 10.2. The monoisotopic (exact) mass is 396 g/mol. The summed E-state index contributed by atoms with van der Waals surface area (Å²) >= 11 is 1.92. The number of ether oxygens (including phenoxy) is 1. The third kappa shape index (κ3) is 4.86. The van der Waals surface area contributed by atoms with Crippen molar-refractivity contribution in [1.82, 2.24) is 0 Å². The molecule has 0 radical (unpaired) electrons. The van der Waals surface area contributed by atoms with E-state index in [4.69, 9.17) is 7.80 Å². The van der Waals surface area contributed by atoms with Gasteiger partial charge in [-0.15, -0.1) is 0 Å². The van der Waals surface area contributed by atoms with Gasteiger partial charge in [0.05, 0.1) is 11.0 Å². The van der Waals surface area contributed by atoms with E-state index in [1.165, 1.54) is 19.3 Å². The van der Waals surface area contributed by atoms with Crippen LogP contribution >= 0.6 is 23.0 Å². The van der Waals surface area contributed by atoms with Crippen LogP contribution in [0.2, 0.25) is 0 Å². The lowest BCUT2D eigenvalue weighted by Gasteiger charge is -2.38. The first-order valence-corrected chi connectivity index (χ1v) is 8.60. The number of esters is 1. The van der Waals surface area contributed by atoms with E-state index in [0.29, 0.717) is 6.42 Å². The summed E-state index contributed by atoms with van der Waals surface area (Å²) in [4.78, 5) is 12.7. The van der Waals surface area contributed by atoms with E-state index < -0.39 is 5.41 Å². The molecule has 1 unspecified atom stereocenters.